The molecule has 1 aliphatic heterocycles. The highest BCUT2D eigenvalue weighted by Crippen LogP contribution is 2.45. The Kier molecular flexibility index (Phi) is 18.8. The number of likely N-dealkylation sites (N-methyl/N-ethyl adjacent to an activating group) is 1. The molecule has 0 bridgehead atoms. The Balaban J connectivity index is 1.51. The van der Waals surface area contributed by atoms with Gasteiger partial charge in [0.2, 0.25) is 5.91 Å². The van der Waals surface area contributed by atoms with Crippen molar-refractivity contribution in [1.29, 1.82) is 0 Å². The maximum Gasteiger partial charge on any atom is 0.237 e. The molecule has 0 aromatic heterocycles. The fourth-order valence-corrected chi connectivity index (χ4v) is 6.71. The predicted molar refractivity (Wildman–Crippen MR) is 162 cm³/mol. The minimum absolute atomic E-state index is 0.115. The maximum atomic E-state index is 12.9. The number of carbonyl (C=O) groups is 1. The molecule has 4 atom stereocenters. The topological polar surface area (TPSA) is 32.3 Å². The van der Waals surface area contributed by atoms with E-state index >= 15 is 0 Å². The van der Waals surface area contributed by atoms with E-state index in [0.29, 0.717) is 11.9 Å². The van der Waals surface area contributed by atoms with Gasteiger partial charge >= 0.3 is 0 Å². The van der Waals surface area contributed by atoms with E-state index in [9.17, 15) is 4.79 Å². The first-order valence-electron chi connectivity index (χ1n) is 17.2. The fraction of sp³-hybridized carbons (Fsp3) is 0.971. The van der Waals surface area contributed by atoms with Gasteiger partial charge in [-0.25, -0.2) is 0 Å². The van der Waals surface area contributed by atoms with Crippen LogP contribution >= 0.6 is 0 Å². The number of nitrogens with zero attached hydrogens (tertiary/aromatic N) is 1. The normalized spacial score (nSPS) is 22.4. The van der Waals surface area contributed by atoms with Crippen molar-refractivity contribution in [2.75, 3.05) is 13.6 Å². The number of rotatable bonds is 25. The summed E-state index contributed by atoms with van der Waals surface area (Å²) in [5, 5.41) is 3.48. The van der Waals surface area contributed by atoms with Crippen LogP contribution < -0.4 is 5.32 Å². The Morgan fingerprint density at radius 2 is 1.16 bits per heavy atom. The second-order valence-corrected chi connectivity index (χ2v) is 12.9. The van der Waals surface area contributed by atoms with E-state index in [4.69, 9.17) is 0 Å². The number of hydrogen-bond acceptors (Lipinski definition) is 2. The third kappa shape index (κ3) is 15.6. The Bertz CT molecular complexity index is 550. The summed E-state index contributed by atoms with van der Waals surface area (Å²) >= 11 is 0. The van der Waals surface area contributed by atoms with Gasteiger partial charge in [-0.15, -0.1) is 0 Å². The largest absolute Gasteiger partial charge is 0.352 e. The third-order valence-corrected chi connectivity index (χ3v) is 9.45. The second kappa shape index (κ2) is 21.3. The van der Waals surface area contributed by atoms with Gasteiger partial charge in [-0.3, -0.25) is 9.69 Å². The first kappa shape index (κ1) is 32.6. The molecule has 1 saturated heterocycles. The number of amides is 1. The summed E-state index contributed by atoms with van der Waals surface area (Å²) in [6, 6.07) is 0.509. The lowest BCUT2D eigenvalue weighted by Gasteiger charge is -2.24. The first-order chi connectivity index (χ1) is 18.2. The van der Waals surface area contributed by atoms with E-state index in [1.807, 2.05) is 0 Å². The minimum atomic E-state index is 0.115. The predicted octanol–water partition coefficient (Wildman–Crippen LogP) is 9.82. The van der Waals surface area contributed by atoms with Crippen LogP contribution in [0.25, 0.3) is 0 Å². The van der Waals surface area contributed by atoms with Crippen molar-refractivity contribution in [3.63, 3.8) is 0 Å². The molecule has 0 radical (unpaired) electrons. The average Bonchev–Trinajstić information content (AvgIpc) is 3.50. The first-order valence-corrected chi connectivity index (χ1v) is 17.2. The molecule has 1 N–H and O–H groups in total. The maximum absolute atomic E-state index is 12.9. The van der Waals surface area contributed by atoms with Crippen LogP contribution in [0.3, 0.4) is 0 Å². The number of nitrogens with one attached hydrogen (secondary N) is 1. The lowest BCUT2D eigenvalue weighted by Crippen LogP contribution is -2.45. The van der Waals surface area contributed by atoms with E-state index in [0.717, 1.165) is 31.2 Å². The van der Waals surface area contributed by atoms with Crippen molar-refractivity contribution in [3.05, 3.63) is 0 Å². The molecule has 2 aliphatic rings. The molecular weight excluding hydrogens is 452 g/mol. The molecule has 1 saturated carbocycles. The summed E-state index contributed by atoms with van der Waals surface area (Å²) < 4.78 is 0. The molecule has 3 nitrogen and oxygen atoms in total. The Morgan fingerprint density at radius 3 is 1.62 bits per heavy atom. The molecule has 1 aliphatic carbocycles. The number of carbonyl (C=O) groups excluding carboxylic acids is 1. The van der Waals surface area contributed by atoms with Crippen molar-refractivity contribution < 1.29 is 4.79 Å². The lowest BCUT2D eigenvalue weighted by atomic mass is 9.99. The van der Waals surface area contributed by atoms with Gasteiger partial charge in [0.1, 0.15) is 0 Å². The summed E-state index contributed by atoms with van der Waals surface area (Å²) in [7, 11) is 2.11. The molecule has 2 fully saturated rings. The quantitative estimate of drug-likeness (QED) is 0.122. The Labute approximate surface area is 232 Å². The Hall–Kier alpha value is -0.570. The highest BCUT2D eigenvalue weighted by Gasteiger charge is 2.35. The molecule has 2 rings (SSSR count). The lowest BCUT2D eigenvalue weighted by molar-refractivity contribution is -0.125. The fourth-order valence-electron chi connectivity index (χ4n) is 6.71. The summed E-state index contributed by atoms with van der Waals surface area (Å²) in [6.45, 7) is 5.66. The standard InChI is InChI=1S/C34H66N2O/c1-4-6-8-10-12-16-20-25-32(35-34(37)33-27-22-28-36(33)3)26-21-17-13-15-19-24-31-29-30(31)23-18-14-11-9-7-5-2/h30-33H,4-29H2,1-3H3,(H,35,37)/t30-,31-,32-,33-/m1/s1. The zero-order chi connectivity index (χ0) is 26.6. The number of hydrogen-bond donors (Lipinski definition) is 1. The van der Waals surface area contributed by atoms with Gasteiger partial charge in [-0.1, -0.05) is 142 Å². The highest BCUT2D eigenvalue weighted by molar-refractivity contribution is 5.82. The van der Waals surface area contributed by atoms with Crippen LogP contribution in [0, 0.1) is 11.8 Å². The molecule has 218 valence electrons. The van der Waals surface area contributed by atoms with Crippen molar-refractivity contribution in [2.24, 2.45) is 11.8 Å². The van der Waals surface area contributed by atoms with E-state index in [1.54, 1.807) is 0 Å². The van der Waals surface area contributed by atoms with Crippen molar-refractivity contribution in [3.8, 4) is 0 Å². The minimum Gasteiger partial charge on any atom is -0.352 e. The van der Waals surface area contributed by atoms with Crippen molar-refractivity contribution in [2.45, 2.75) is 186 Å². The van der Waals surface area contributed by atoms with Crippen LogP contribution in [0.2, 0.25) is 0 Å². The van der Waals surface area contributed by atoms with Crippen LogP contribution in [0.4, 0.5) is 0 Å². The third-order valence-electron chi connectivity index (χ3n) is 9.45. The molecule has 37 heavy (non-hydrogen) atoms. The van der Waals surface area contributed by atoms with Crippen LogP contribution in [0.15, 0.2) is 0 Å². The summed E-state index contributed by atoms with van der Waals surface area (Å²) in [5.74, 6) is 2.46. The molecule has 0 spiro atoms. The van der Waals surface area contributed by atoms with Gasteiger partial charge in [-0.05, 0) is 57.5 Å². The molecule has 0 unspecified atom stereocenters. The van der Waals surface area contributed by atoms with E-state index in [1.165, 1.54) is 148 Å². The zero-order valence-corrected chi connectivity index (χ0v) is 25.5. The second-order valence-electron chi connectivity index (χ2n) is 12.9. The van der Waals surface area contributed by atoms with E-state index < -0.39 is 0 Å². The molecule has 0 aromatic carbocycles. The van der Waals surface area contributed by atoms with Gasteiger partial charge < -0.3 is 5.32 Å². The Morgan fingerprint density at radius 1 is 0.703 bits per heavy atom. The molecule has 3 heteroatoms. The number of likely N-dealkylation sites (tertiary alicyclic amines) is 1. The summed E-state index contributed by atoms with van der Waals surface area (Å²) in [4.78, 5) is 15.2. The van der Waals surface area contributed by atoms with Crippen LogP contribution in [-0.2, 0) is 4.79 Å². The zero-order valence-electron chi connectivity index (χ0n) is 25.5. The van der Waals surface area contributed by atoms with Gasteiger partial charge in [-0.2, -0.15) is 0 Å². The average molecular weight is 519 g/mol. The molecular formula is C34H66N2O. The van der Waals surface area contributed by atoms with Crippen LogP contribution in [0.1, 0.15) is 174 Å². The summed E-state index contributed by atoms with van der Waals surface area (Å²) in [5.41, 5.74) is 0. The smallest absolute Gasteiger partial charge is 0.237 e. The van der Waals surface area contributed by atoms with Crippen LogP contribution in [0.5, 0.6) is 0 Å². The highest BCUT2D eigenvalue weighted by atomic mass is 16.2. The van der Waals surface area contributed by atoms with Crippen molar-refractivity contribution in [1.82, 2.24) is 10.2 Å². The van der Waals surface area contributed by atoms with E-state index in [-0.39, 0.29) is 6.04 Å². The molecule has 0 aromatic rings. The van der Waals surface area contributed by atoms with E-state index in [2.05, 4.69) is 31.1 Å². The molecule has 1 heterocycles. The summed E-state index contributed by atoms with van der Waals surface area (Å²) in [6.07, 6.45) is 34.1. The van der Waals surface area contributed by atoms with Crippen LogP contribution in [-0.4, -0.2) is 36.5 Å². The van der Waals surface area contributed by atoms with Gasteiger partial charge in [0.25, 0.3) is 0 Å². The van der Waals surface area contributed by atoms with Gasteiger partial charge in [0.15, 0.2) is 0 Å². The SMILES string of the molecule is CCCCCCCCC[C@H](CCCCCCC[C@@H]1C[C@H]1CCCCCCCC)NC(=O)[C@H]1CCCN1C. The van der Waals surface area contributed by atoms with Gasteiger partial charge in [0, 0.05) is 6.04 Å². The monoisotopic (exact) mass is 519 g/mol. The number of unbranched alkanes of at least 4 members (excludes halogenated alkanes) is 15. The molecule has 1 amide bonds. The van der Waals surface area contributed by atoms with Crippen molar-refractivity contribution >= 4 is 5.91 Å². The van der Waals surface area contributed by atoms with Gasteiger partial charge in [0.05, 0.1) is 6.04 Å².